The molecule has 0 fully saturated rings. The first kappa shape index (κ1) is 16.7. The minimum Gasteiger partial charge on any atom is -0.481 e. The Kier molecular flexibility index (Phi) is 6.28. The van der Waals surface area contributed by atoms with Crippen molar-refractivity contribution < 1.29 is 14.7 Å². The number of aliphatic carboxylic acids is 1. The third-order valence-electron chi connectivity index (χ3n) is 3.40. The number of carbonyl (C=O) groups excluding carboxylic acids is 1. The number of carboxylic acid groups (broad SMARTS) is 1. The third kappa shape index (κ3) is 5.54. The van der Waals surface area contributed by atoms with Gasteiger partial charge < -0.3 is 10.4 Å². The molecular weight excluding hydrogens is 296 g/mol. The molecule has 2 aromatic rings. The molecule has 1 heterocycles. The molecule has 1 aromatic heterocycles. The zero-order valence-electron chi connectivity index (χ0n) is 12.8. The van der Waals surface area contributed by atoms with Gasteiger partial charge in [0.05, 0.1) is 18.1 Å². The lowest BCUT2D eigenvalue weighted by atomic mass is 10.1. The summed E-state index contributed by atoms with van der Waals surface area (Å²) in [5.74, 6) is -0.886. The first-order valence-corrected chi connectivity index (χ1v) is 7.63. The first-order valence-electron chi connectivity index (χ1n) is 7.63. The van der Waals surface area contributed by atoms with E-state index in [0.717, 1.165) is 24.9 Å². The van der Waals surface area contributed by atoms with E-state index in [1.807, 2.05) is 6.07 Å². The smallest absolute Gasteiger partial charge is 0.303 e. The summed E-state index contributed by atoms with van der Waals surface area (Å²) >= 11 is 0. The predicted octanol–water partition coefficient (Wildman–Crippen LogP) is 2.03. The van der Waals surface area contributed by atoms with Gasteiger partial charge >= 0.3 is 5.97 Å². The molecule has 122 valence electrons. The summed E-state index contributed by atoms with van der Waals surface area (Å²) < 4.78 is 1.60. The number of nitrogens with one attached hydrogen (secondary N) is 1. The Morgan fingerprint density at radius 3 is 2.74 bits per heavy atom. The van der Waals surface area contributed by atoms with E-state index < -0.39 is 5.97 Å². The van der Waals surface area contributed by atoms with E-state index >= 15 is 0 Å². The second kappa shape index (κ2) is 8.67. The molecule has 0 bridgehead atoms. The Morgan fingerprint density at radius 2 is 2.00 bits per heavy atom. The Labute approximate surface area is 134 Å². The van der Waals surface area contributed by atoms with Crippen LogP contribution in [0.1, 0.15) is 42.5 Å². The van der Waals surface area contributed by atoms with Crippen LogP contribution in [0.3, 0.4) is 0 Å². The van der Waals surface area contributed by atoms with Crippen LogP contribution in [0.4, 0.5) is 0 Å². The number of unbranched alkanes of at least 4 members (excludes halogenated alkanes) is 3. The minimum atomic E-state index is -0.759. The number of benzene rings is 1. The van der Waals surface area contributed by atoms with Crippen LogP contribution in [0.25, 0.3) is 5.69 Å². The molecule has 0 unspecified atom stereocenters. The fraction of sp³-hybridized carbons (Fsp3) is 0.375. The van der Waals surface area contributed by atoms with Crippen LogP contribution in [-0.4, -0.2) is 38.5 Å². The van der Waals surface area contributed by atoms with Gasteiger partial charge in [-0.2, -0.15) is 0 Å². The SMILES string of the molecule is O=C(O)CCCCCCNC(=O)c1cccc(-n2ccnn2)c1. The highest BCUT2D eigenvalue weighted by Crippen LogP contribution is 2.09. The fourth-order valence-corrected chi connectivity index (χ4v) is 2.19. The van der Waals surface area contributed by atoms with Gasteiger partial charge in [0.15, 0.2) is 0 Å². The van der Waals surface area contributed by atoms with Crippen molar-refractivity contribution in [1.29, 1.82) is 0 Å². The summed E-state index contributed by atoms with van der Waals surface area (Å²) in [6, 6.07) is 7.17. The summed E-state index contributed by atoms with van der Waals surface area (Å²) in [6.45, 7) is 0.583. The molecule has 0 aliphatic carbocycles. The Balaban J connectivity index is 1.74. The molecule has 23 heavy (non-hydrogen) atoms. The van der Waals surface area contributed by atoms with Crippen molar-refractivity contribution in [3.05, 3.63) is 42.2 Å². The van der Waals surface area contributed by atoms with Crippen LogP contribution in [0.15, 0.2) is 36.7 Å². The largest absolute Gasteiger partial charge is 0.481 e. The average molecular weight is 316 g/mol. The van der Waals surface area contributed by atoms with E-state index in [1.165, 1.54) is 0 Å². The molecular formula is C16H20N4O3. The zero-order chi connectivity index (χ0) is 16.5. The Hall–Kier alpha value is -2.70. The number of carboxylic acids is 1. The van der Waals surface area contributed by atoms with Gasteiger partial charge in [-0.25, -0.2) is 4.68 Å². The number of amides is 1. The first-order chi connectivity index (χ1) is 11.2. The molecule has 0 atom stereocenters. The lowest BCUT2D eigenvalue weighted by Crippen LogP contribution is -2.24. The number of aromatic nitrogens is 3. The van der Waals surface area contributed by atoms with Crippen molar-refractivity contribution >= 4 is 11.9 Å². The maximum absolute atomic E-state index is 12.1. The molecule has 0 spiro atoms. The van der Waals surface area contributed by atoms with Crippen molar-refractivity contribution in [2.45, 2.75) is 32.1 Å². The lowest BCUT2D eigenvalue weighted by Gasteiger charge is -2.07. The second-order valence-electron chi connectivity index (χ2n) is 5.21. The van der Waals surface area contributed by atoms with Gasteiger partial charge in [0.2, 0.25) is 0 Å². The highest BCUT2D eigenvalue weighted by molar-refractivity contribution is 5.94. The summed E-state index contributed by atoms with van der Waals surface area (Å²) in [5.41, 5.74) is 1.35. The molecule has 1 aromatic carbocycles. The maximum Gasteiger partial charge on any atom is 0.303 e. The van der Waals surface area contributed by atoms with Crippen LogP contribution in [0, 0.1) is 0 Å². The molecule has 7 heteroatoms. The van der Waals surface area contributed by atoms with Crippen LogP contribution < -0.4 is 5.32 Å². The number of hydrogen-bond acceptors (Lipinski definition) is 4. The Morgan fingerprint density at radius 1 is 1.17 bits per heavy atom. The zero-order valence-corrected chi connectivity index (χ0v) is 12.8. The summed E-state index contributed by atoms with van der Waals surface area (Å²) in [4.78, 5) is 22.5. The Bertz CT molecular complexity index is 641. The fourth-order valence-electron chi connectivity index (χ4n) is 2.19. The number of nitrogens with zero attached hydrogens (tertiary/aromatic N) is 3. The third-order valence-corrected chi connectivity index (χ3v) is 3.40. The highest BCUT2D eigenvalue weighted by atomic mass is 16.4. The summed E-state index contributed by atoms with van der Waals surface area (Å²) in [5, 5.41) is 19.1. The van der Waals surface area contributed by atoms with Gasteiger partial charge in [-0.3, -0.25) is 9.59 Å². The quantitative estimate of drug-likeness (QED) is 0.690. The molecule has 0 aliphatic rings. The molecule has 0 saturated carbocycles. The number of hydrogen-bond donors (Lipinski definition) is 2. The second-order valence-corrected chi connectivity index (χ2v) is 5.21. The normalized spacial score (nSPS) is 10.4. The molecule has 0 aliphatic heterocycles. The van der Waals surface area contributed by atoms with Crippen molar-refractivity contribution in [2.24, 2.45) is 0 Å². The van der Waals surface area contributed by atoms with Crippen molar-refractivity contribution in [3.8, 4) is 5.69 Å². The van der Waals surface area contributed by atoms with Crippen LogP contribution in [0.2, 0.25) is 0 Å². The molecule has 2 N–H and O–H groups in total. The van der Waals surface area contributed by atoms with Crippen molar-refractivity contribution in [1.82, 2.24) is 20.3 Å². The van der Waals surface area contributed by atoms with Gasteiger partial charge in [-0.1, -0.05) is 24.1 Å². The minimum absolute atomic E-state index is 0.127. The van der Waals surface area contributed by atoms with Gasteiger partial charge in [-0.15, -0.1) is 5.10 Å². The van der Waals surface area contributed by atoms with Crippen molar-refractivity contribution in [2.75, 3.05) is 6.54 Å². The van der Waals surface area contributed by atoms with Gasteiger partial charge in [0, 0.05) is 18.5 Å². The number of carbonyl (C=O) groups is 2. The monoisotopic (exact) mass is 316 g/mol. The molecule has 1 amide bonds. The van der Waals surface area contributed by atoms with Crippen LogP contribution in [-0.2, 0) is 4.79 Å². The van der Waals surface area contributed by atoms with E-state index in [4.69, 9.17) is 5.11 Å². The van der Waals surface area contributed by atoms with E-state index in [1.54, 1.807) is 35.3 Å². The molecule has 0 radical (unpaired) electrons. The predicted molar refractivity (Wildman–Crippen MR) is 84.4 cm³/mol. The number of rotatable bonds is 9. The van der Waals surface area contributed by atoms with Crippen molar-refractivity contribution in [3.63, 3.8) is 0 Å². The van der Waals surface area contributed by atoms with Gasteiger partial charge in [0.1, 0.15) is 0 Å². The van der Waals surface area contributed by atoms with E-state index in [0.29, 0.717) is 18.5 Å². The van der Waals surface area contributed by atoms with E-state index in [-0.39, 0.29) is 12.3 Å². The summed E-state index contributed by atoms with van der Waals surface area (Å²) in [7, 11) is 0. The standard InChI is InChI=1S/C16H20N4O3/c21-15(22)8-3-1-2-4-9-17-16(23)13-6-5-7-14(12-13)20-11-10-18-19-20/h5-7,10-12H,1-4,8-9H2,(H,17,23)(H,21,22). The van der Waals surface area contributed by atoms with Gasteiger partial charge in [0.25, 0.3) is 5.91 Å². The molecule has 2 rings (SSSR count). The summed E-state index contributed by atoms with van der Waals surface area (Å²) in [6.07, 6.45) is 6.81. The van der Waals surface area contributed by atoms with Crippen LogP contribution >= 0.6 is 0 Å². The van der Waals surface area contributed by atoms with E-state index in [2.05, 4.69) is 15.6 Å². The highest BCUT2D eigenvalue weighted by Gasteiger charge is 2.06. The molecule has 7 nitrogen and oxygen atoms in total. The van der Waals surface area contributed by atoms with Gasteiger partial charge in [-0.05, 0) is 31.0 Å². The maximum atomic E-state index is 12.1. The average Bonchev–Trinajstić information content (AvgIpc) is 3.08. The lowest BCUT2D eigenvalue weighted by molar-refractivity contribution is -0.137. The molecule has 0 saturated heterocycles. The van der Waals surface area contributed by atoms with E-state index in [9.17, 15) is 9.59 Å². The van der Waals surface area contributed by atoms with Crippen LogP contribution in [0.5, 0.6) is 0 Å². The topological polar surface area (TPSA) is 97.1 Å².